The van der Waals surface area contributed by atoms with Gasteiger partial charge in [-0.3, -0.25) is 4.79 Å². The standard InChI is InChI=1S/C17H17BrFNO/c1-4-20(16-9-11(2)5-6-12(16)3)17(21)14-8-7-13(19)10-15(14)18/h5-10H,4H2,1-3H3. The minimum Gasteiger partial charge on any atom is -0.308 e. The van der Waals surface area contributed by atoms with E-state index in [0.29, 0.717) is 16.6 Å². The molecule has 4 heteroatoms. The number of benzene rings is 2. The molecule has 0 aromatic heterocycles. The van der Waals surface area contributed by atoms with E-state index < -0.39 is 0 Å². The Morgan fingerprint density at radius 1 is 1.19 bits per heavy atom. The molecule has 0 aliphatic carbocycles. The molecule has 0 atom stereocenters. The fourth-order valence-electron chi connectivity index (χ4n) is 2.24. The molecule has 2 aromatic carbocycles. The molecule has 1 amide bonds. The molecule has 0 saturated carbocycles. The van der Waals surface area contributed by atoms with Crippen LogP contribution in [0.3, 0.4) is 0 Å². The molecule has 0 aliphatic heterocycles. The Balaban J connectivity index is 2.45. The second-order valence-corrected chi connectivity index (χ2v) is 5.82. The first-order valence-corrected chi connectivity index (χ1v) is 7.57. The van der Waals surface area contributed by atoms with Crippen molar-refractivity contribution in [3.05, 3.63) is 63.4 Å². The molecule has 0 fully saturated rings. The van der Waals surface area contributed by atoms with Gasteiger partial charge in [0.1, 0.15) is 5.82 Å². The number of carbonyl (C=O) groups is 1. The Kier molecular flexibility index (Phi) is 4.78. The van der Waals surface area contributed by atoms with E-state index in [4.69, 9.17) is 0 Å². The van der Waals surface area contributed by atoms with Crippen molar-refractivity contribution in [2.24, 2.45) is 0 Å². The van der Waals surface area contributed by atoms with Gasteiger partial charge < -0.3 is 4.90 Å². The van der Waals surface area contributed by atoms with Crippen LogP contribution in [0.15, 0.2) is 40.9 Å². The van der Waals surface area contributed by atoms with Crippen molar-refractivity contribution in [2.75, 3.05) is 11.4 Å². The van der Waals surface area contributed by atoms with E-state index in [-0.39, 0.29) is 11.7 Å². The van der Waals surface area contributed by atoms with Gasteiger partial charge in [0.25, 0.3) is 5.91 Å². The van der Waals surface area contributed by atoms with Crippen LogP contribution < -0.4 is 4.90 Å². The Hall–Kier alpha value is -1.68. The first-order valence-electron chi connectivity index (χ1n) is 6.78. The molecule has 0 unspecified atom stereocenters. The summed E-state index contributed by atoms with van der Waals surface area (Å²) in [5.74, 6) is -0.508. The highest BCUT2D eigenvalue weighted by molar-refractivity contribution is 9.10. The zero-order valence-corrected chi connectivity index (χ0v) is 13.9. The second kappa shape index (κ2) is 6.39. The smallest absolute Gasteiger partial charge is 0.259 e. The van der Waals surface area contributed by atoms with E-state index in [0.717, 1.165) is 16.8 Å². The molecule has 2 nitrogen and oxygen atoms in total. The Morgan fingerprint density at radius 2 is 1.90 bits per heavy atom. The van der Waals surface area contributed by atoms with Gasteiger partial charge in [-0.1, -0.05) is 12.1 Å². The third kappa shape index (κ3) is 3.32. The maximum atomic E-state index is 13.2. The molecule has 21 heavy (non-hydrogen) atoms. The lowest BCUT2D eigenvalue weighted by atomic mass is 10.1. The Bertz CT molecular complexity index is 684. The van der Waals surface area contributed by atoms with E-state index in [2.05, 4.69) is 15.9 Å². The maximum Gasteiger partial charge on any atom is 0.259 e. The molecule has 0 radical (unpaired) electrons. The lowest BCUT2D eigenvalue weighted by Gasteiger charge is -2.24. The number of amides is 1. The molecular formula is C17H17BrFNO. The fraction of sp³-hybridized carbons (Fsp3) is 0.235. The summed E-state index contributed by atoms with van der Waals surface area (Å²) in [7, 11) is 0. The summed E-state index contributed by atoms with van der Waals surface area (Å²) >= 11 is 3.26. The number of hydrogen-bond donors (Lipinski definition) is 0. The van der Waals surface area contributed by atoms with Gasteiger partial charge in [0.15, 0.2) is 0 Å². The molecule has 0 aliphatic rings. The zero-order chi connectivity index (χ0) is 15.6. The average Bonchev–Trinajstić information content (AvgIpc) is 2.43. The van der Waals surface area contributed by atoms with E-state index in [9.17, 15) is 9.18 Å². The van der Waals surface area contributed by atoms with Gasteiger partial charge in [0, 0.05) is 16.7 Å². The van der Waals surface area contributed by atoms with Crippen molar-refractivity contribution < 1.29 is 9.18 Å². The highest BCUT2D eigenvalue weighted by Crippen LogP contribution is 2.26. The molecule has 0 spiro atoms. The SMILES string of the molecule is CCN(C(=O)c1ccc(F)cc1Br)c1cc(C)ccc1C. The van der Waals surface area contributed by atoms with E-state index in [1.807, 2.05) is 39.0 Å². The minimum absolute atomic E-state index is 0.141. The number of hydrogen-bond acceptors (Lipinski definition) is 1. The highest BCUT2D eigenvalue weighted by Gasteiger charge is 2.20. The van der Waals surface area contributed by atoms with Crippen molar-refractivity contribution in [1.82, 2.24) is 0 Å². The van der Waals surface area contributed by atoms with Crippen LogP contribution in [0, 0.1) is 19.7 Å². The van der Waals surface area contributed by atoms with Crippen molar-refractivity contribution in [2.45, 2.75) is 20.8 Å². The third-order valence-electron chi connectivity index (χ3n) is 3.38. The summed E-state index contributed by atoms with van der Waals surface area (Å²) in [5, 5.41) is 0. The van der Waals surface area contributed by atoms with Crippen LogP contribution in [0.4, 0.5) is 10.1 Å². The van der Waals surface area contributed by atoms with Crippen molar-refractivity contribution in [3.63, 3.8) is 0 Å². The molecule has 110 valence electrons. The molecule has 0 heterocycles. The first kappa shape index (κ1) is 15.7. The first-order chi connectivity index (χ1) is 9.93. The maximum absolute atomic E-state index is 13.2. The second-order valence-electron chi connectivity index (χ2n) is 4.96. The number of aryl methyl sites for hydroxylation is 2. The molecule has 0 saturated heterocycles. The monoisotopic (exact) mass is 349 g/mol. The summed E-state index contributed by atoms with van der Waals surface area (Å²) < 4.78 is 13.6. The number of rotatable bonds is 3. The predicted octanol–water partition coefficient (Wildman–Crippen LogP) is 4.87. The number of halogens is 2. The number of anilines is 1. The topological polar surface area (TPSA) is 20.3 Å². The van der Waals surface area contributed by atoms with Crippen molar-refractivity contribution in [3.8, 4) is 0 Å². The average molecular weight is 350 g/mol. The number of carbonyl (C=O) groups excluding carboxylic acids is 1. The van der Waals surface area contributed by atoms with Crippen molar-refractivity contribution >= 4 is 27.5 Å². The van der Waals surface area contributed by atoms with Gasteiger partial charge in [0.05, 0.1) is 5.56 Å². The predicted molar refractivity (Wildman–Crippen MR) is 87.4 cm³/mol. The minimum atomic E-state index is -0.367. The number of nitrogens with zero attached hydrogens (tertiary/aromatic N) is 1. The third-order valence-corrected chi connectivity index (χ3v) is 4.03. The molecule has 0 bridgehead atoms. The summed E-state index contributed by atoms with van der Waals surface area (Å²) in [6.07, 6.45) is 0. The molecule has 2 rings (SSSR count). The zero-order valence-electron chi connectivity index (χ0n) is 12.3. The highest BCUT2D eigenvalue weighted by atomic mass is 79.9. The lowest BCUT2D eigenvalue weighted by Crippen LogP contribution is -2.31. The normalized spacial score (nSPS) is 10.5. The van der Waals surface area contributed by atoms with E-state index in [1.54, 1.807) is 4.90 Å². The van der Waals surface area contributed by atoms with Gasteiger partial charge in [0.2, 0.25) is 0 Å². The summed E-state index contributed by atoms with van der Waals surface area (Å²) in [6.45, 7) is 6.45. The van der Waals surface area contributed by atoms with Crippen LogP contribution in [-0.4, -0.2) is 12.5 Å². The Labute approximate surface area is 132 Å². The fourth-order valence-corrected chi connectivity index (χ4v) is 2.76. The van der Waals surface area contributed by atoms with Crippen LogP contribution in [0.1, 0.15) is 28.4 Å². The molecular weight excluding hydrogens is 333 g/mol. The van der Waals surface area contributed by atoms with Gasteiger partial charge in [-0.25, -0.2) is 4.39 Å². The largest absolute Gasteiger partial charge is 0.308 e. The summed E-state index contributed by atoms with van der Waals surface area (Å²) in [6, 6.07) is 10.1. The van der Waals surface area contributed by atoms with Crippen LogP contribution in [0.2, 0.25) is 0 Å². The summed E-state index contributed by atoms with van der Waals surface area (Å²) in [5.41, 5.74) is 3.48. The van der Waals surface area contributed by atoms with Gasteiger partial charge in [-0.15, -0.1) is 0 Å². The van der Waals surface area contributed by atoms with Crippen LogP contribution in [-0.2, 0) is 0 Å². The Morgan fingerprint density at radius 3 is 2.52 bits per heavy atom. The molecule has 0 N–H and O–H groups in total. The van der Waals surface area contributed by atoms with Gasteiger partial charge in [-0.2, -0.15) is 0 Å². The van der Waals surface area contributed by atoms with E-state index >= 15 is 0 Å². The molecule has 2 aromatic rings. The lowest BCUT2D eigenvalue weighted by molar-refractivity contribution is 0.0987. The van der Waals surface area contributed by atoms with Crippen molar-refractivity contribution in [1.29, 1.82) is 0 Å². The quantitative estimate of drug-likeness (QED) is 0.773. The summed E-state index contributed by atoms with van der Waals surface area (Å²) in [4.78, 5) is 14.5. The van der Waals surface area contributed by atoms with Crippen LogP contribution in [0.5, 0.6) is 0 Å². The van der Waals surface area contributed by atoms with Gasteiger partial charge in [-0.05, 0) is 72.1 Å². The van der Waals surface area contributed by atoms with E-state index in [1.165, 1.54) is 18.2 Å². The van der Waals surface area contributed by atoms with Crippen LogP contribution >= 0.6 is 15.9 Å². The van der Waals surface area contributed by atoms with Gasteiger partial charge >= 0.3 is 0 Å². The van der Waals surface area contributed by atoms with Crippen LogP contribution in [0.25, 0.3) is 0 Å².